The summed E-state index contributed by atoms with van der Waals surface area (Å²) in [6.45, 7) is 0.490. The Bertz CT molecular complexity index is 310. The normalized spacial score (nSPS) is 10.9. The van der Waals surface area contributed by atoms with Crippen molar-refractivity contribution in [3.8, 4) is 5.75 Å². The average molecular weight is 195 g/mol. The Morgan fingerprint density at radius 3 is 2.85 bits per heavy atom. The molecule has 3 heteroatoms. The topological polar surface area (TPSA) is 46.2 Å². The van der Waals surface area contributed by atoms with Gasteiger partial charge in [-0.05, 0) is 18.4 Å². The maximum absolute atomic E-state index is 9.54. The van der Waals surface area contributed by atoms with Crippen LogP contribution in [0, 0.1) is 0 Å². The van der Waals surface area contributed by atoms with Gasteiger partial charge in [0.2, 0.25) is 0 Å². The van der Waals surface area contributed by atoms with E-state index in [-0.39, 0.29) is 0 Å². The zero-order valence-electron chi connectivity index (χ0n) is 7.53. The second-order valence-electron chi connectivity index (χ2n) is 2.56. The third-order valence-corrected chi connectivity index (χ3v) is 2.40. The SMILES string of the molecule is CSc1ccc(/C=C/CN)c(O)c1. The van der Waals surface area contributed by atoms with Gasteiger partial charge in [-0.25, -0.2) is 0 Å². The van der Waals surface area contributed by atoms with E-state index in [1.54, 1.807) is 17.8 Å². The predicted molar refractivity (Wildman–Crippen MR) is 58.0 cm³/mol. The van der Waals surface area contributed by atoms with E-state index in [2.05, 4.69) is 0 Å². The average Bonchev–Trinajstić information content (AvgIpc) is 2.16. The van der Waals surface area contributed by atoms with Gasteiger partial charge in [0.25, 0.3) is 0 Å². The van der Waals surface area contributed by atoms with Gasteiger partial charge >= 0.3 is 0 Å². The number of thioether (sulfide) groups is 1. The molecule has 13 heavy (non-hydrogen) atoms. The van der Waals surface area contributed by atoms with Crippen LogP contribution in [0.1, 0.15) is 5.56 Å². The zero-order chi connectivity index (χ0) is 9.68. The molecule has 0 radical (unpaired) electrons. The monoisotopic (exact) mass is 195 g/mol. The van der Waals surface area contributed by atoms with E-state index in [1.165, 1.54) is 0 Å². The van der Waals surface area contributed by atoms with Gasteiger partial charge in [0, 0.05) is 17.0 Å². The molecule has 0 aliphatic heterocycles. The summed E-state index contributed by atoms with van der Waals surface area (Å²) in [7, 11) is 0. The lowest BCUT2D eigenvalue weighted by Crippen LogP contribution is -1.91. The van der Waals surface area contributed by atoms with Gasteiger partial charge in [-0.3, -0.25) is 0 Å². The second kappa shape index (κ2) is 4.94. The zero-order valence-corrected chi connectivity index (χ0v) is 8.34. The van der Waals surface area contributed by atoms with Crippen molar-refractivity contribution >= 4 is 17.8 Å². The Morgan fingerprint density at radius 2 is 2.31 bits per heavy atom. The van der Waals surface area contributed by atoms with Crippen LogP contribution >= 0.6 is 11.8 Å². The summed E-state index contributed by atoms with van der Waals surface area (Å²) in [6, 6.07) is 5.61. The first-order valence-corrected chi connectivity index (χ1v) is 5.24. The van der Waals surface area contributed by atoms with Crippen molar-refractivity contribution in [2.24, 2.45) is 5.73 Å². The molecule has 0 aliphatic carbocycles. The molecular weight excluding hydrogens is 182 g/mol. The number of phenolic OH excluding ortho intramolecular Hbond substituents is 1. The van der Waals surface area contributed by atoms with Gasteiger partial charge in [0.1, 0.15) is 5.75 Å². The highest BCUT2D eigenvalue weighted by atomic mass is 32.2. The van der Waals surface area contributed by atoms with Gasteiger partial charge < -0.3 is 10.8 Å². The predicted octanol–water partition coefficient (Wildman–Crippen LogP) is 2.09. The molecule has 0 atom stereocenters. The summed E-state index contributed by atoms with van der Waals surface area (Å²) in [5, 5.41) is 9.54. The Hall–Kier alpha value is -0.930. The number of hydrogen-bond acceptors (Lipinski definition) is 3. The molecule has 0 aliphatic rings. The minimum absolute atomic E-state index is 0.302. The number of hydrogen-bond donors (Lipinski definition) is 2. The van der Waals surface area contributed by atoms with Crippen LogP contribution in [-0.4, -0.2) is 17.9 Å². The fourth-order valence-electron chi connectivity index (χ4n) is 0.986. The minimum atomic E-state index is 0.302. The van der Waals surface area contributed by atoms with Gasteiger partial charge in [0.15, 0.2) is 0 Å². The lowest BCUT2D eigenvalue weighted by molar-refractivity contribution is 0.472. The summed E-state index contributed by atoms with van der Waals surface area (Å²) in [4.78, 5) is 1.06. The Morgan fingerprint density at radius 1 is 1.54 bits per heavy atom. The van der Waals surface area contributed by atoms with Crippen LogP contribution in [0.4, 0.5) is 0 Å². The van der Waals surface area contributed by atoms with Crippen molar-refractivity contribution < 1.29 is 5.11 Å². The molecule has 2 nitrogen and oxygen atoms in total. The van der Waals surface area contributed by atoms with Crippen molar-refractivity contribution in [1.29, 1.82) is 0 Å². The van der Waals surface area contributed by atoms with Gasteiger partial charge in [-0.15, -0.1) is 11.8 Å². The molecule has 0 aromatic heterocycles. The number of nitrogens with two attached hydrogens (primary N) is 1. The summed E-state index contributed by atoms with van der Waals surface area (Å²) < 4.78 is 0. The van der Waals surface area contributed by atoms with E-state index < -0.39 is 0 Å². The molecule has 0 fully saturated rings. The van der Waals surface area contributed by atoms with Crippen molar-refractivity contribution in [2.45, 2.75) is 4.90 Å². The second-order valence-corrected chi connectivity index (χ2v) is 3.44. The first kappa shape index (κ1) is 10.2. The molecule has 0 unspecified atom stereocenters. The molecule has 0 saturated carbocycles. The van der Waals surface area contributed by atoms with Gasteiger partial charge in [-0.2, -0.15) is 0 Å². The lowest BCUT2D eigenvalue weighted by atomic mass is 10.2. The molecular formula is C10H13NOS. The highest BCUT2D eigenvalue weighted by Crippen LogP contribution is 2.24. The Balaban J connectivity index is 2.91. The van der Waals surface area contributed by atoms with Crippen molar-refractivity contribution in [3.63, 3.8) is 0 Å². The summed E-state index contributed by atoms with van der Waals surface area (Å²) in [5.41, 5.74) is 6.12. The number of rotatable bonds is 3. The fraction of sp³-hybridized carbons (Fsp3) is 0.200. The van der Waals surface area contributed by atoms with Crippen LogP contribution in [0.5, 0.6) is 5.75 Å². The highest BCUT2D eigenvalue weighted by Gasteiger charge is 1.97. The van der Waals surface area contributed by atoms with Crippen LogP contribution in [0.3, 0.4) is 0 Å². The lowest BCUT2D eigenvalue weighted by Gasteiger charge is -2.01. The maximum atomic E-state index is 9.54. The largest absolute Gasteiger partial charge is 0.507 e. The molecule has 1 rings (SSSR count). The fourth-order valence-corrected chi connectivity index (χ4v) is 1.42. The van der Waals surface area contributed by atoms with E-state index in [1.807, 2.05) is 30.5 Å². The molecule has 0 amide bonds. The maximum Gasteiger partial charge on any atom is 0.123 e. The van der Waals surface area contributed by atoms with Crippen LogP contribution in [-0.2, 0) is 0 Å². The molecule has 0 saturated heterocycles. The summed E-state index contributed by atoms with van der Waals surface area (Å²) >= 11 is 1.61. The Kier molecular flexibility index (Phi) is 3.86. The molecule has 1 aromatic rings. The molecule has 70 valence electrons. The molecule has 3 N–H and O–H groups in total. The van der Waals surface area contributed by atoms with Crippen LogP contribution < -0.4 is 5.73 Å². The molecule has 1 aromatic carbocycles. The van der Waals surface area contributed by atoms with E-state index in [4.69, 9.17) is 5.73 Å². The third-order valence-electron chi connectivity index (χ3n) is 1.67. The Labute approximate surface area is 82.5 Å². The van der Waals surface area contributed by atoms with E-state index >= 15 is 0 Å². The van der Waals surface area contributed by atoms with Crippen LogP contribution in [0.15, 0.2) is 29.2 Å². The smallest absolute Gasteiger partial charge is 0.123 e. The number of aromatic hydroxyl groups is 1. The quantitative estimate of drug-likeness (QED) is 0.726. The molecule has 0 bridgehead atoms. The molecule has 0 heterocycles. The minimum Gasteiger partial charge on any atom is -0.507 e. The van der Waals surface area contributed by atoms with Crippen molar-refractivity contribution in [2.75, 3.05) is 12.8 Å². The van der Waals surface area contributed by atoms with E-state index in [9.17, 15) is 5.11 Å². The van der Waals surface area contributed by atoms with Crippen molar-refractivity contribution in [3.05, 3.63) is 29.8 Å². The number of phenols is 1. The molecule has 0 spiro atoms. The third kappa shape index (κ3) is 2.79. The first-order valence-electron chi connectivity index (χ1n) is 4.01. The first-order chi connectivity index (χ1) is 6.27. The standard InChI is InChI=1S/C10H13NOS/c1-13-9-5-4-8(3-2-6-11)10(12)7-9/h2-5,7,12H,6,11H2,1H3/b3-2+. The van der Waals surface area contributed by atoms with E-state index in [0.29, 0.717) is 12.3 Å². The van der Waals surface area contributed by atoms with Gasteiger partial charge in [0.05, 0.1) is 0 Å². The van der Waals surface area contributed by atoms with E-state index in [0.717, 1.165) is 10.5 Å². The highest BCUT2D eigenvalue weighted by molar-refractivity contribution is 7.98. The summed E-state index contributed by atoms with van der Waals surface area (Å²) in [5.74, 6) is 0.302. The van der Waals surface area contributed by atoms with Crippen molar-refractivity contribution in [1.82, 2.24) is 0 Å². The summed E-state index contributed by atoms with van der Waals surface area (Å²) in [6.07, 6.45) is 5.61. The number of benzene rings is 1. The van der Waals surface area contributed by atoms with Crippen LogP contribution in [0.25, 0.3) is 6.08 Å². The van der Waals surface area contributed by atoms with Crippen LogP contribution in [0.2, 0.25) is 0 Å². The van der Waals surface area contributed by atoms with Gasteiger partial charge in [-0.1, -0.05) is 18.2 Å².